The van der Waals surface area contributed by atoms with Gasteiger partial charge in [0, 0.05) is 19.2 Å². The smallest absolute Gasteiger partial charge is 0.256 e. The highest BCUT2D eigenvalue weighted by Gasteiger charge is 2.21. The maximum absolute atomic E-state index is 12.4. The number of fused-ring (bicyclic) bond motifs is 1. The Labute approximate surface area is 126 Å². The van der Waals surface area contributed by atoms with Gasteiger partial charge in [0.1, 0.15) is 0 Å². The van der Waals surface area contributed by atoms with Gasteiger partial charge in [0.25, 0.3) is 10.0 Å². The molecule has 1 N–H and O–H groups in total. The van der Waals surface area contributed by atoms with E-state index < -0.39 is 10.0 Å². The summed E-state index contributed by atoms with van der Waals surface area (Å²) < 4.78 is 29.8. The fourth-order valence-corrected chi connectivity index (χ4v) is 4.41. The lowest BCUT2D eigenvalue weighted by atomic mass is 10.2. The van der Waals surface area contributed by atoms with E-state index in [0.717, 1.165) is 15.8 Å². The van der Waals surface area contributed by atoms with Crippen molar-refractivity contribution in [2.45, 2.75) is 18.5 Å². The molecular formula is C13H14N4O2S2. The number of nitrogens with zero attached hydrogens (tertiary/aromatic N) is 3. The van der Waals surface area contributed by atoms with E-state index in [4.69, 9.17) is 0 Å². The van der Waals surface area contributed by atoms with Crippen LogP contribution in [0.25, 0.3) is 10.2 Å². The van der Waals surface area contributed by atoms with Crippen LogP contribution in [-0.2, 0) is 23.6 Å². The normalized spacial score (nSPS) is 12.1. The first-order valence-electron chi connectivity index (χ1n) is 6.28. The van der Waals surface area contributed by atoms with Crippen LogP contribution in [0.3, 0.4) is 0 Å². The topological polar surface area (TPSA) is 76.9 Å². The van der Waals surface area contributed by atoms with Crippen LogP contribution < -0.4 is 4.72 Å². The predicted octanol–water partition coefficient (Wildman–Crippen LogP) is 1.82. The summed E-state index contributed by atoms with van der Waals surface area (Å²) in [7, 11) is -1.98. The van der Waals surface area contributed by atoms with E-state index >= 15 is 0 Å². The van der Waals surface area contributed by atoms with E-state index in [1.165, 1.54) is 16.0 Å². The molecule has 0 amide bonds. The van der Waals surface area contributed by atoms with Gasteiger partial charge in [-0.2, -0.15) is 5.10 Å². The van der Waals surface area contributed by atoms with Gasteiger partial charge in [0.2, 0.25) is 0 Å². The molecule has 110 valence electrons. The van der Waals surface area contributed by atoms with Crippen molar-refractivity contribution in [3.05, 3.63) is 41.0 Å². The van der Waals surface area contributed by atoms with Gasteiger partial charge < -0.3 is 0 Å². The minimum atomic E-state index is -3.59. The maximum Gasteiger partial charge on any atom is 0.258 e. The summed E-state index contributed by atoms with van der Waals surface area (Å²) in [4.78, 5) is 4.23. The summed E-state index contributed by atoms with van der Waals surface area (Å²) in [6.07, 6.45) is 1.54. The lowest BCUT2D eigenvalue weighted by molar-refractivity contribution is 0.562. The number of hydrogen-bond donors (Lipinski definition) is 1. The Hall–Kier alpha value is -1.77. The van der Waals surface area contributed by atoms with Crippen molar-refractivity contribution < 1.29 is 8.42 Å². The van der Waals surface area contributed by atoms with Gasteiger partial charge in [0.05, 0.1) is 21.9 Å². The van der Waals surface area contributed by atoms with Gasteiger partial charge in [0.15, 0.2) is 5.03 Å². The molecule has 0 aliphatic carbocycles. The maximum atomic E-state index is 12.4. The molecule has 0 bridgehead atoms. The third kappa shape index (κ3) is 2.57. The lowest BCUT2D eigenvalue weighted by Gasteiger charge is -2.08. The molecular weight excluding hydrogens is 308 g/mol. The third-order valence-corrected chi connectivity index (χ3v) is 5.74. The number of aryl methyl sites for hydroxylation is 2. The molecule has 0 atom stereocenters. The minimum absolute atomic E-state index is 0.193. The van der Waals surface area contributed by atoms with Crippen LogP contribution in [0.4, 0.5) is 0 Å². The molecule has 0 aliphatic heterocycles. The Bertz CT molecular complexity index is 876. The van der Waals surface area contributed by atoms with Gasteiger partial charge in [-0.05, 0) is 18.6 Å². The number of sulfonamides is 1. The first-order valence-corrected chi connectivity index (χ1v) is 8.64. The number of nitrogens with one attached hydrogen (secondary N) is 1. The molecule has 1 aromatic carbocycles. The van der Waals surface area contributed by atoms with Crippen LogP contribution in [0.15, 0.2) is 34.9 Å². The Morgan fingerprint density at radius 1 is 1.38 bits per heavy atom. The zero-order valence-corrected chi connectivity index (χ0v) is 13.2. The number of benzene rings is 1. The molecule has 0 unspecified atom stereocenters. The summed E-state index contributed by atoms with van der Waals surface area (Å²) >= 11 is 1.50. The standard InChI is InChI=1S/C13H14N4O2S2/c1-9-6-15-17(2)13(9)21(18,19)16-7-10-4-3-5-11-12(10)20-8-14-11/h3-6,8,16H,7H2,1-2H3. The predicted molar refractivity (Wildman–Crippen MR) is 81.6 cm³/mol. The van der Waals surface area contributed by atoms with Gasteiger partial charge >= 0.3 is 0 Å². The highest BCUT2D eigenvalue weighted by molar-refractivity contribution is 7.89. The van der Waals surface area contributed by atoms with Crippen molar-refractivity contribution >= 4 is 31.6 Å². The van der Waals surface area contributed by atoms with Gasteiger partial charge in [-0.15, -0.1) is 11.3 Å². The van der Waals surface area contributed by atoms with Crippen molar-refractivity contribution in [3.8, 4) is 0 Å². The molecule has 2 aromatic heterocycles. The van der Waals surface area contributed by atoms with E-state index in [1.807, 2.05) is 18.2 Å². The van der Waals surface area contributed by atoms with Gasteiger partial charge in [-0.25, -0.2) is 18.1 Å². The van der Waals surface area contributed by atoms with Crippen LogP contribution in [0.5, 0.6) is 0 Å². The molecule has 0 radical (unpaired) electrons. The molecule has 0 fully saturated rings. The molecule has 8 heteroatoms. The van der Waals surface area contributed by atoms with Crippen LogP contribution >= 0.6 is 11.3 Å². The average molecular weight is 322 g/mol. The molecule has 6 nitrogen and oxygen atoms in total. The zero-order chi connectivity index (χ0) is 15.0. The first kappa shape index (κ1) is 14.2. The third-order valence-electron chi connectivity index (χ3n) is 3.20. The fourth-order valence-electron chi connectivity index (χ4n) is 2.25. The van der Waals surface area contributed by atoms with Crippen molar-refractivity contribution in [1.29, 1.82) is 0 Å². The molecule has 21 heavy (non-hydrogen) atoms. The second-order valence-electron chi connectivity index (χ2n) is 4.70. The SMILES string of the molecule is Cc1cnn(C)c1S(=O)(=O)NCc1cccc2ncsc12. The molecule has 3 aromatic rings. The average Bonchev–Trinajstić information content (AvgIpc) is 3.03. The molecule has 0 saturated heterocycles. The summed E-state index contributed by atoms with van der Waals surface area (Å²) in [5.74, 6) is 0. The molecule has 2 heterocycles. The minimum Gasteiger partial charge on any atom is -0.256 e. The van der Waals surface area contributed by atoms with Gasteiger partial charge in [-0.1, -0.05) is 12.1 Å². The molecule has 0 spiro atoms. The second kappa shape index (κ2) is 5.21. The number of rotatable bonds is 4. The van der Waals surface area contributed by atoms with Gasteiger partial charge in [-0.3, -0.25) is 4.68 Å². The van der Waals surface area contributed by atoms with E-state index in [0.29, 0.717) is 5.56 Å². The Kier molecular flexibility index (Phi) is 3.52. The Morgan fingerprint density at radius 2 is 2.19 bits per heavy atom. The van der Waals surface area contributed by atoms with Crippen LogP contribution in [-0.4, -0.2) is 23.2 Å². The Morgan fingerprint density at radius 3 is 2.90 bits per heavy atom. The zero-order valence-electron chi connectivity index (χ0n) is 11.6. The lowest BCUT2D eigenvalue weighted by Crippen LogP contribution is -2.26. The van der Waals surface area contributed by atoms with Crippen molar-refractivity contribution in [3.63, 3.8) is 0 Å². The number of aromatic nitrogens is 3. The fraction of sp³-hybridized carbons (Fsp3) is 0.231. The largest absolute Gasteiger partial charge is 0.258 e. The molecule has 3 rings (SSSR count). The quantitative estimate of drug-likeness (QED) is 0.795. The monoisotopic (exact) mass is 322 g/mol. The summed E-state index contributed by atoms with van der Waals surface area (Å²) in [6.45, 7) is 1.96. The van der Waals surface area contributed by atoms with Crippen molar-refractivity contribution in [2.24, 2.45) is 7.05 Å². The van der Waals surface area contributed by atoms with Crippen molar-refractivity contribution in [2.75, 3.05) is 0 Å². The number of thiazole rings is 1. The summed E-state index contributed by atoms with van der Waals surface area (Å²) in [5.41, 5.74) is 4.18. The number of hydrogen-bond acceptors (Lipinski definition) is 5. The van der Waals surface area contributed by atoms with E-state index in [-0.39, 0.29) is 11.6 Å². The highest BCUT2D eigenvalue weighted by Crippen LogP contribution is 2.22. The highest BCUT2D eigenvalue weighted by atomic mass is 32.2. The Balaban J connectivity index is 1.89. The van der Waals surface area contributed by atoms with Crippen LogP contribution in [0.2, 0.25) is 0 Å². The first-order chi connectivity index (χ1) is 9.99. The van der Waals surface area contributed by atoms with Crippen molar-refractivity contribution in [1.82, 2.24) is 19.5 Å². The van der Waals surface area contributed by atoms with E-state index in [1.54, 1.807) is 25.7 Å². The van der Waals surface area contributed by atoms with E-state index in [2.05, 4.69) is 14.8 Å². The summed E-state index contributed by atoms with van der Waals surface area (Å²) in [6, 6.07) is 5.69. The molecule has 0 aliphatic rings. The second-order valence-corrected chi connectivity index (χ2v) is 7.24. The van der Waals surface area contributed by atoms with Crippen LogP contribution in [0.1, 0.15) is 11.1 Å². The molecule has 0 saturated carbocycles. The van der Waals surface area contributed by atoms with Crippen LogP contribution in [0, 0.1) is 6.92 Å². The summed E-state index contributed by atoms with van der Waals surface area (Å²) in [5, 5.41) is 4.16. The van der Waals surface area contributed by atoms with E-state index in [9.17, 15) is 8.42 Å².